The summed E-state index contributed by atoms with van der Waals surface area (Å²) >= 11 is 2.77. The molecule has 3 aromatic rings. The van der Waals surface area contributed by atoms with E-state index in [1.807, 2.05) is 37.5 Å². The van der Waals surface area contributed by atoms with E-state index in [4.69, 9.17) is 9.47 Å². The summed E-state index contributed by atoms with van der Waals surface area (Å²) in [6, 6.07) is 6.08. The van der Waals surface area contributed by atoms with E-state index in [0.717, 1.165) is 46.6 Å². The summed E-state index contributed by atoms with van der Waals surface area (Å²) < 4.78 is 13.4. The molecule has 0 spiro atoms. The van der Waals surface area contributed by atoms with E-state index in [1.54, 1.807) is 13.0 Å². The normalized spacial score (nSPS) is 15.4. The van der Waals surface area contributed by atoms with Crippen LogP contribution >= 0.6 is 23.1 Å². The molecule has 2 atom stereocenters. The van der Waals surface area contributed by atoms with Gasteiger partial charge in [-0.1, -0.05) is 30.8 Å². The van der Waals surface area contributed by atoms with Crippen molar-refractivity contribution in [2.24, 2.45) is 5.92 Å². The molecule has 1 N–H and O–H groups in total. The number of nitrogens with zero attached hydrogens (tertiary/aromatic N) is 3. The Kier molecular flexibility index (Phi) is 9.50. The molecule has 2 heterocycles. The summed E-state index contributed by atoms with van der Waals surface area (Å²) in [5, 5.41) is 12.9. The van der Waals surface area contributed by atoms with Crippen LogP contribution in [0.4, 0.5) is 5.00 Å². The predicted molar refractivity (Wildman–Crippen MR) is 156 cm³/mol. The van der Waals surface area contributed by atoms with E-state index < -0.39 is 0 Å². The van der Waals surface area contributed by atoms with Gasteiger partial charge in [-0.05, 0) is 81.7 Å². The van der Waals surface area contributed by atoms with Gasteiger partial charge < -0.3 is 14.8 Å². The zero-order valence-corrected chi connectivity index (χ0v) is 24.8. The number of aromatic nitrogens is 3. The number of amides is 1. The maximum Gasteiger partial charge on any atom is 0.341 e. The molecule has 10 heteroatoms. The second kappa shape index (κ2) is 12.8. The number of fused-ring (bicyclic) bond motifs is 1. The zero-order chi connectivity index (χ0) is 28.1. The lowest BCUT2D eigenvalue weighted by molar-refractivity contribution is -0.113. The Hall–Kier alpha value is -3.11. The number of hydrogen-bond donors (Lipinski definition) is 1. The molecule has 1 aliphatic carbocycles. The predicted octanol–water partition coefficient (Wildman–Crippen LogP) is 6.31. The monoisotopic (exact) mass is 568 g/mol. The van der Waals surface area contributed by atoms with Crippen LogP contribution in [0.25, 0.3) is 0 Å². The second-order valence-corrected chi connectivity index (χ2v) is 12.0. The molecule has 1 aromatic carbocycles. The third-order valence-electron chi connectivity index (χ3n) is 6.51. The number of aryl methyl sites for hydroxylation is 2. The lowest BCUT2D eigenvalue weighted by Gasteiger charge is -2.18. The van der Waals surface area contributed by atoms with Gasteiger partial charge in [-0.2, -0.15) is 0 Å². The average molecular weight is 569 g/mol. The van der Waals surface area contributed by atoms with Crippen LogP contribution in [0.3, 0.4) is 0 Å². The third-order valence-corrected chi connectivity index (χ3v) is 8.64. The molecular formula is C29H36N4O4S2. The number of benzene rings is 1. The Bertz CT molecular complexity index is 1340. The number of hydrogen-bond acceptors (Lipinski definition) is 8. The number of thioether (sulfide) groups is 1. The molecule has 0 fully saturated rings. The molecule has 1 amide bonds. The van der Waals surface area contributed by atoms with Gasteiger partial charge in [-0.15, -0.1) is 28.1 Å². The Morgan fingerprint density at radius 2 is 2.03 bits per heavy atom. The van der Waals surface area contributed by atoms with Gasteiger partial charge in [-0.3, -0.25) is 9.36 Å². The molecule has 1 aliphatic rings. The van der Waals surface area contributed by atoms with Crippen LogP contribution in [0.5, 0.6) is 5.75 Å². The van der Waals surface area contributed by atoms with Crippen molar-refractivity contribution in [3.63, 3.8) is 0 Å². The van der Waals surface area contributed by atoms with Crippen molar-refractivity contribution in [2.75, 3.05) is 17.7 Å². The van der Waals surface area contributed by atoms with Crippen LogP contribution in [0.1, 0.15) is 71.0 Å². The number of nitrogens with one attached hydrogen (secondary N) is 1. The number of rotatable bonds is 11. The van der Waals surface area contributed by atoms with Gasteiger partial charge in [0.25, 0.3) is 0 Å². The highest BCUT2D eigenvalue weighted by molar-refractivity contribution is 7.99. The van der Waals surface area contributed by atoms with Crippen molar-refractivity contribution < 1.29 is 19.1 Å². The molecule has 2 aromatic heterocycles. The minimum absolute atomic E-state index is 0.114. The number of carbonyl (C=O) groups is 2. The maximum atomic E-state index is 13.0. The summed E-state index contributed by atoms with van der Waals surface area (Å²) in [4.78, 5) is 27.0. The Morgan fingerprint density at radius 1 is 1.28 bits per heavy atom. The van der Waals surface area contributed by atoms with Crippen LogP contribution in [0, 0.1) is 19.8 Å². The Balaban J connectivity index is 1.47. The minimum Gasteiger partial charge on any atom is -0.483 e. The van der Waals surface area contributed by atoms with E-state index in [-0.39, 0.29) is 30.3 Å². The van der Waals surface area contributed by atoms with Gasteiger partial charge in [0.15, 0.2) is 17.1 Å². The molecule has 4 rings (SSSR count). The average Bonchev–Trinajstić information content (AvgIpc) is 3.42. The molecule has 208 valence electrons. The Labute approximate surface area is 238 Å². The highest BCUT2D eigenvalue weighted by Crippen LogP contribution is 2.40. The first kappa shape index (κ1) is 28.9. The summed E-state index contributed by atoms with van der Waals surface area (Å²) in [6.45, 7) is 14.6. The number of anilines is 1. The lowest BCUT2D eigenvalue weighted by atomic mass is 9.88. The molecule has 0 bridgehead atoms. The van der Waals surface area contributed by atoms with Crippen LogP contribution in [-0.4, -0.2) is 39.0 Å². The molecule has 0 aliphatic heterocycles. The molecular weight excluding hydrogens is 532 g/mol. The van der Waals surface area contributed by atoms with E-state index in [9.17, 15) is 9.59 Å². The topological polar surface area (TPSA) is 95.3 Å². The number of esters is 1. The van der Waals surface area contributed by atoms with Crippen molar-refractivity contribution in [1.82, 2.24) is 14.8 Å². The standard InChI is InChI=1S/C29H36N4O4S2/c1-7-11-33-26(20(6)37-21-13-18(4)12-19(5)14-21)31-32-29(33)38-16-24(34)30-27-25(28(35)36-8-2)22-10-9-17(3)15-23(22)39-27/h7,12-14,17,20H,1,8-11,15-16H2,2-6H3,(H,30,34). The highest BCUT2D eigenvalue weighted by Gasteiger charge is 2.29. The van der Waals surface area contributed by atoms with Gasteiger partial charge in [0.05, 0.1) is 17.9 Å². The maximum absolute atomic E-state index is 13.0. The summed E-state index contributed by atoms with van der Waals surface area (Å²) in [5.41, 5.74) is 3.78. The molecule has 0 saturated carbocycles. The van der Waals surface area contributed by atoms with Crippen LogP contribution < -0.4 is 10.1 Å². The molecule has 0 saturated heterocycles. The number of carbonyl (C=O) groups excluding carboxylic acids is 2. The minimum atomic E-state index is -0.374. The lowest BCUT2D eigenvalue weighted by Crippen LogP contribution is -2.18. The van der Waals surface area contributed by atoms with Crippen molar-refractivity contribution >= 4 is 40.0 Å². The van der Waals surface area contributed by atoms with Crippen molar-refractivity contribution in [3.8, 4) is 5.75 Å². The van der Waals surface area contributed by atoms with Gasteiger partial charge >= 0.3 is 5.97 Å². The van der Waals surface area contributed by atoms with Crippen LogP contribution in [-0.2, 0) is 28.9 Å². The fourth-order valence-corrected chi connectivity index (χ4v) is 6.99. The SMILES string of the molecule is C=CCn1c(SCC(=O)Nc2sc3c(c2C(=O)OCC)CCC(C)C3)nnc1C(C)Oc1cc(C)cc(C)c1. The highest BCUT2D eigenvalue weighted by atomic mass is 32.2. The van der Waals surface area contributed by atoms with E-state index >= 15 is 0 Å². The van der Waals surface area contributed by atoms with E-state index in [2.05, 4.69) is 35.1 Å². The van der Waals surface area contributed by atoms with Crippen molar-refractivity contribution in [1.29, 1.82) is 0 Å². The van der Waals surface area contributed by atoms with Crippen molar-refractivity contribution in [3.05, 3.63) is 63.8 Å². The Morgan fingerprint density at radius 3 is 2.72 bits per heavy atom. The first-order chi connectivity index (χ1) is 18.7. The van der Waals surface area contributed by atoms with Crippen LogP contribution in [0.15, 0.2) is 36.0 Å². The number of thiophene rings is 1. The van der Waals surface area contributed by atoms with E-state index in [1.165, 1.54) is 23.1 Å². The third kappa shape index (κ3) is 6.91. The quantitative estimate of drug-likeness (QED) is 0.164. The number of ether oxygens (including phenoxy) is 2. The molecule has 39 heavy (non-hydrogen) atoms. The first-order valence-electron chi connectivity index (χ1n) is 13.2. The van der Waals surface area contributed by atoms with Gasteiger partial charge in [0, 0.05) is 11.4 Å². The number of allylic oxidation sites excluding steroid dienone is 1. The summed E-state index contributed by atoms with van der Waals surface area (Å²) in [6.07, 6.45) is 4.16. The van der Waals surface area contributed by atoms with Crippen molar-refractivity contribution in [2.45, 2.75) is 71.7 Å². The first-order valence-corrected chi connectivity index (χ1v) is 15.0. The largest absolute Gasteiger partial charge is 0.483 e. The summed E-state index contributed by atoms with van der Waals surface area (Å²) in [5.74, 6) is 1.50. The zero-order valence-electron chi connectivity index (χ0n) is 23.2. The molecule has 0 radical (unpaired) electrons. The van der Waals surface area contributed by atoms with Gasteiger partial charge in [0.1, 0.15) is 10.8 Å². The fourth-order valence-electron chi connectivity index (χ4n) is 4.82. The molecule has 8 nitrogen and oxygen atoms in total. The van der Waals surface area contributed by atoms with Gasteiger partial charge in [-0.25, -0.2) is 4.79 Å². The summed E-state index contributed by atoms with van der Waals surface area (Å²) in [7, 11) is 0. The van der Waals surface area contributed by atoms with E-state index in [0.29, 0.717) is 34.0 Å². The second-order valence-electron chi connectivity index (χ2n) is 9.94. The smallest absolute Gasteiger partial charge is 0.341 e. The molecule has 2 unspecified atom stereocenters. The van der Waals surface area contributed by atoms with Crippen LogP contribution in [0.2, 0.25) is 0 Å². The fraction of sp³-hybridized carbons (Fsp3) is 0.448. The van der Waals surface area contributed by atoms with Gasteiger partial charge in [0.2, 0.25) is 5.91 Å².